The van der Waals surface area contributed by atoms with E-state index in [1.165, 1.54) is 25.7 Å². The van der Waals surface area contributed by atoms with Crippen LogP contribution in [0.3, 0.4) is 0 Å². The van der Waals surface area contributed by atoms with Gasteiger partial charge in [-0.3, -0.25) is 14.7 Å². The normalized spacial score (nSPS) is 25.3. The molecule has 5 nitrogen and oxygen atoms in total. The van der Waals surface area contributed by atoms with Crippen LogP contribution in [0.25, 0.3) is 0 Å². The molecule has 1 atom stereocenters. The Labute approximate surface area is 170 Å². The Balaban J connectivity index is 1.70. The first-order valence-electron chi connectivity index (χ1n) is 9.62. The van der Waals surface area contributed by atoms with Crippen LogP contribution < -0.4 is 10.7 Å². The van der Waals surface area contributed by atoms with E-state index >= 15 is 0 Å². The maximum absolute atomic E-state index is 13.3. The minimum Gasteiger partial charge on any atom is -0.356 e. The number of hydrogen-bond acceptors (Lipinski definition) is 4. The summed E-state index contributed by atoms with van der Waals surface area (Å²) in [6, 6.07) is 5.32. The molecule has 1 unspecified atom stereocenters. The predicted molar refractivity (Wildman–Crippen MR) is 109 cm³/mol. The Morgan fingerprint density at radius 3 is 2.56 bits per heavy atom. The molecule has 1 aliphatic carbocycles. The Bertz CT molecular complexity index is 805. The minimum atomic E-state index is -0.355. The maximum Gasteiger partial charge on any atom is 0.259 e. The summed E-state index contributed by atoms with van der Waals surface area (Å²) in [7, 11) is 0. The number of rotatable bonds is 2. The SMILES string of the molecule is CC1=C(N2CCCC3(CCC3)C2)N(N)C(C)N(c2cccc(Cl)c2Cl)C1=O. The van der Waals surface area contributed by atoms with Crippen molar-refractivity contribution >= 4 is 34.8 Å². The fraction of sp³-hybridized carbons (Fsp3) is 0.550. The van der Waals surface area contributed by atoms with E-state index in [1.807, 2.05) is 13.8 Å². The molecule has 3 aliphatic rings. The van der Waals surface area contributed by atoms with E-state index in [4.69, 9.17) is 29.0 Å². The van der Waals surface area contributed by atoms with Crippen molar-refractivity contribution in [2.45, 2.75) is 52.1 Å². The monoisotopic (exact) mass is 408 g/mol. The van der Waals surface area contributed by atoms with Crippen LogP contribution in [-0.2, 0) is 4.79 Å². The van der Waals surface area contributed by atoms with Crippen LogP contribution in [0.15, 0.2) is 29.6 Å². The largest absolute Gasteiger partial charge is 0.356 e. The van der Waals surface area contributed by atoms with E-state index in [0.717, 1.165) is 25.3 Å². The molecule has 2 aliphatic heterocycles. The molecule has 1 spiro atoms. The highest BCUT2D eigenvalue weighted by Crippen LogP contribution is 2.48. The van der Waals surface area contributed by atoms with E-state index in [2.05, 4.69) is 4.90 Å². The van der Waals surface area contributed by atoms with Crippen LogP contribution in [0, 0.1) is 5.41 Å². The molecular formula is C20H26Cl2N4O. The minimum absolute atomic E-state index is 0.0726. The number of carbonyl (C=O) groups excluding carboxylic acids is 1. The number of nitrogens with zero attached hydrogens (tertiary/aromatic N) is 3. The molecule has 1 saturated heterocycles. The third kappa shape index (κ3) is 3.00. The summed E-state index contributed by atoms with van der Waals surface area (Å²) in [5.74, 6) is 7.32. The van der Waals surface area contributed by atoms with Gasteiger partial charge in [0.1, 0.15) is 12.0 Å². The molecule has 146 valence electrons. The lowest BCUT2D eigenvalue weighted by Gasteiger charge is -2.53. The van der Waals surface area contributed by atoms with Crippen LogP contribution in [0.4, 0.5) is 5.69 Å². The van der Waals surface area contributed by atoms with Crippen LogP contribution in [-0.4, -0.2) is 35.1 Å². The first kappa shape index (κ1) is 18.9. The van der Waals surface area contributed by atoms with Crippen molar-refractivity contribution in [3.63, 3.8) is 0 Å². The van der Waals surface area contributed by atoms with Gasteiger partial charge in [0.2, 0.25) is 0 Å². The van der Waals surface area contributed by atoms with Crippen molar-refractivity contribution in [3.05, 3.63) is 39.6 Å². The first-order valence-corrected chi connectivity index (χ1v) is 10.4. The molecule has 27 heavy (non-hydrogen) atoms. The third-order valence-electron chi connectivity index (χ3n) is 6.46. The lowest BCUT2D eigenvalue weighted by Crippen LogP contribution is -2.61. The van der Waals surface area contributed by atoms with Crippen molar-refractivity contribution in [1.82, 2.24) is 9.91 Å². The molecule has 7 heteroatoms. The molecule has 0 bridgehead atoms. The summed E-state index contributed by atoms with van der Waals surface area (Å²) in [5.41, 5.74) is 1.67. The lowest BCUT2D eigenvalue weighted by molar-refractivity contribution is -0.118. The zero-order valence-electron chi connectivity index (χ0n) is 15.8. The van der Waals surface area contributed by atoms with Crippen molar-refractivity contribution in [1.29, 1.82) is 0 Å². The maximum atomic E-state index is 13.3. The number of amides is 1. The van der Waals surface area contributed by atoms with Gasteiger partial charge in [-0.05, 0) is 57.1 Å². The molecule has 1 aromatic rings. The lowest BCUT2D eigenvalue weighted by atomic mass is 9.64. The number of halogens is 2. The Morgan fingerprint density at radius 1 is 1.19 bits per heavy atom. The summed E-state index contributed by atoms with van der Waals surface area (Å²) < 4.78 is 0. The molecule has 1 amide bonds. The topological polar surface area (TPSA) is 52.8 Å². The molecule has 2 heterocycles. The number of hydrazine groups is 1. The van der Waals surface area contributed by atoms with Crippen molar-refractivity contribution in [2.24, 2.45) is 11.3 Å². The second-order valence-corrected chi connectivity index (χ2v) is 8.90. The second-order valence-electron chi connectivity index (χ2n) is 8.11. The first-order chi connectivity index (χ1) is 12.8. The quantitative estimate of drug-likeness (QED) is 0.738. The summed E-state index contributed by atoms with van der Waals surface area (Å²) in [4.78, 5) is 17.3. The predicted octanol–water partition coefficient (Wildman–Crippen LogP) is 4.36. The summed E-state index contributed by atoms with van der Waals surface area (Å²) >= 11 is 12.6. The van der Waals surface area contributed by atoms with E-state index in [0.29, 0.717) is 26.7 Å². The van der Waals surface area contributed by atoms with Gasteiger partial charge in [-0.2, -0.15) is 0 Å². The van der Waals surface area contributed by atoms with Crippen LogP contribution in [0.5, 0.6) is 0 Å². The molecular weight excluding hydrogens is 383 g/mol. The second kappa shape index (κ2) is 6.87. The smallest absolute Gasteiger partial charge is 0.259 e. The molecule has 0 aromatic heterocycles. The molecule has 0 radical (unpaired) electrons. The van der Waals surface area contributed by atoms with Crippen LogP contribution >= 0.6 is 23.2 Å². The Morgan fingerprint density at radius 2 is 1.89 bits per heavy atom. The number of likely N-dealkylation sites (tertiary alicyclic amines) is 1. The van der Waals surface area contributed by atoms with E-state index < -0.39 is 0 Å². The number of piperidine rings is 1. The fourth-order valence-corrected chi connectivity index (χ4v) is 5.19. The van der Waals surface area contributed by atoms with Gasteiger partial charge in [-0.15, -0.1) is 0 Å². The summed E-state index contributed by atoms with van der Waals surface area (Å²) in [6.45, 7) is 5.72. The number of benzene rings is 1. The average Bonchev–Trinajstić information content (AvgIpc) is 2.63. The van der Waals surface area contributed by atoms with Gasteiger partial charge >= 0.3 is 0 Å². The van der Waals surface area contributed by atoms with Crippen molar-refractivity contribution in [2.75, 3.05) is 18.0 Å². The van der Waals surface area contributed by atoms with Gasteiger partial charge in [0.25, 0.3) is 5.91 Å². The average molecular weight is 409 g/mol. The molecule has 2 N–H and O–H groups in total. The summed E-state index contributed by atoms with van der Waals surface area (Å²) in [6.07, 6.45) is 5.97. The van der Waals surface area contributed by atoms with Gasteiger partial charge < -0.3 is 4.90 Å². The molecule has 2 fully saturated rings. The third-order valence-corrected chi connectivity index (χ3v) is 7.27. The zero-order valence-corrected chi connectivity index (χ0v) is 17.4. The van der Waals surface area contributed by atoms with Gasteiger partial charge in [0.15, 0.2) is 0 Å². The molecule has 1 saturated carbocycles. The van der Waals surface area contributed by atoms with Gasteiger partial charge in [0.05, 0.1) is 21.3 Å². The van der Waals surface area contributed by atoms with Crippen molar-refractivity contribution < 1.29 is 4.79 Å². The molecule has 4 rings (SSSR count). The Hall–Kier alpha value is -1.43. The number of hydrogen-bond donors (Lipinski definition) is 1. The fourth-order valence-electron chi connectivity index (χ4n) is 4.80. The van der Waals surface area contributed by atoms with Crippen LogP contribution in [0.1, 0.15) is 46.0 Å². The van der Waals surface area contributed by atoms with E-state index in [1.54, 1.807) is 28.1 Å². The highest BCUT2D eigenvalue weighted by atomic mass is 35.5. The number of anilines is 1. The number of nitrogens with two attached hydrogens (primary N) is 1. The van der Waals surface area contributed by atoms with E-state index in [-0.39, 0.29) is 12.1 Å². The number of carbonyl (C=O) groups is 1. The highest BCUT2D eigenvalue weighted by molar-refractivity contribution is 6.44. The standard InChI is InChI=1S/C20H26Cl2N4O/c1-13-18(24-11-5-10-20(12-24)8-4-9-20)26(23)14(2)25(19(13)27)16-7-3-6-15(21)17(16)22/h3,6-7,14H,4-5,8-12,23H2,1-2H3. The van der Waals surface area contributed by atoms with Gasteiger partial charge in [0, 0.05) is 13.1 Å². The Kier molecular flexibility index (Phi) is 4.81. The van der Waals surface area contributed by atoms with Gasteiger partial charge in [-0.25, -0.2) is 5.84 Å². The highest BCUT2D eigenvalue weighted by Gasteiger charge is 2.44. The van der Waals surface area contributed by atoms with Crippen LogP contribution in [0.2, 0.25) is 10.0 Å². The van der Waals surface area contributed by atoms with Gasteiger partial charge in [-0.1, -0.05) is 35.7 Å². The zero-order chi connectivity index (χ0) is 19.3. The molecule has 1 aromatic carbocycles. The van der Waals surface area contributed by atoms with Crippen molar-refractivity contribution in [3.8, 4) is 0 Å². The summed E-state index contributed by atoms with van der Waals surface area (Å²) in [5, 5.41) is 2.51. The van der Waals surface area contributed by atoms with E-state index in [9.17, 15) is 4.79 Å².